The average Bonchev–Trinajstić information content (AvgIpc) is 3.34. The summed E-state index contributed by atoms with van der Waals surface area (Å²) in [7, 11) is -5.79. The number of furan rings is 1. The molecular weight excluding hydrogens is 542 g/mol. The van der Waals surface area contributed by atoms with E-state index in [0.717, 1.165) is 6.26 Å². The van der Waals surface area contributed by atoms with Crippen LogP contribution in [0.1, 0.15) is 5.76 Å². The number of aromatic nitrogens is 2. The summed E-state index contributed by atoms with van der Waals surface area (Å²) in [6.07, 6.45) is 3.82. The van der Waals surface area contributed by atoms with Crippen molar-refractivity contribution in [2.75, 3.05) is 28.7 Å². The molecule has 0 fully saturated rings. The van der Waals surface area contributed by atoms with Gasteiger partial charge in [0.05, 0.1) is 47.8 Å². The molecule has 37 heavy (non-hydrogen) atoms. The SMILES string of the molecule is COc1cc(S(=O)(=O)Cc2ccco2)ccc1Nc1ncc(Cl)c(Nc2ccccc2NS(C)(=O)=O)n1. The zero-order valence-corrected chi connectivity index (χ0v) is 22.0. The van der Waals surface area contributed by atoms with Crippen molar-refractivity contribution in [1.29, 1.82) is 0 Å². The number of rotatable bonds is 10. The fourth-order valence-corrected chi connectivity index (χ4v) is 5.26. The third-order valence-electron chi connectivity index (χ3n) is 4.91. The normalized spacial score (nSPS) is 11.6. The molecule has 0 saturated heterocycles. The van der Waals surface area contributed by atoms with E-state index in [9.17, 15) is 16.8 Å². The molecule has 14 heteroatoms. The first-order valence-corrected chi connectivity index (χ1v) is 14.5. The van der Waals surface area contributed by atoms with Crippen LogP contribution in [0.25, 0.3) is 0 Å². The molecule has 194 valence electrons. The molecule has 2 aromatic carbocycles. The van der Waals surface area contributed by atoms with E-state index in [1.165, 1.54) is 37.8 Å². The minimum absolute atomic E-state index is 0.0562. The van der Waals surface area contributed by atoms with Crippen LogP contribution < -0.4 is 20.1 Å². The quantitative estimate of drug-likeness (QED) is 0.250. The van der Waals surface area contributed by atoms with Gasteiger partial charge in [0.2, 0.25) is 16.0 Å². The van der Waals surface area contributed by atoms with Gasteiger partial charge in [-0.2, -0.15) is 4.98 Å². The van der Waals surface area contributed by atoms with Crippen LogP contribution in [-0.2, 0) is 25.6 Å². The van der Waals surface area contributed by atoms with Crippen LogP contribution in [0.3, 0.4) is 0 Å². The van der Waals surface area contributed by atoms with Gasteiger partial charge in [-0.1, -0.05) is 23.7 Å². The van der Waals surface area contributed by atoms with Crippen molar-refractivity contribution in [1.82, 2.24) is 9.97 Å². The van der Waals surface area contributed by atoms with Crippen molar-refractivity contribution >= 4 is 60.3 Å². The highest BCUT2D eigenvalue weighted by Gasteiger charge is 2.20. The largest absolute Gasteiger partial charge is 0.495 e. The highest BCUT2D eigenvalue weighted by molar-refractivity contribution is 7.92. The monoisotopic (exact) mass is 563 g/mol. The first kappa shape index (κ1) is 26.3. The molecule has 2 aromatic heterocycles. The summed E-state index contributed by atoms with van der Waals surface area (Å²) in [6, 6.07) is 14.2. The van der Waals surface area contributed by atoms with Gasteiger partial charge in [-0.25, -0.2) is 21.8 Å². The van der Waals surface area contributed by atoms with Crippen molar-refractivity contribution in [3.8, 4) is 5.75 Å². The first-order chi connectivity index (χ1) is 17.5. The second-order valence-corrected chi connectivity index (χ2v) is 11.9. The van der Waals surface area contributed by atoms with Gasteiger partial charge >= 0.3 is 0 Å². The smallest absolute Gasteiger partial charge is 0.229 e. The van der Waals surface area contributed by atoms with Gasteiger partial charge < -0.3 is 19.8 Å². The fourth-order valence-electron chi connectivity index (χ4n) is 3.28. The lowest BCUT2D eigenvalue weighted by molar-refractivity contribution is 0.415. The third kappa shape index (κ3) is 6.70. The summed E-state index contributed by atoms with van der Waals surface area (Å²) in [5, 5.41) is 6.17. The highest BCUT2D eigenvalue weighted by Crippen LogP contribution is 2.33. The van der Waals surface area contributed by atoms with Gasteiger partial charge in [0.15, 0.2) is 15.7 Å². The van der Waals surface area contributed by atoms with Crippen LogP contribution in [0.4, 0.5) is 28.8 Å². The Bertz CT molecular complexity index is 1630. The summed E-state index contributed by atoms with van der Waals surface area (Å²) in [4.78, 5) is 8.59. The van der Waals surface area contributed by atoms with Crippen LogP contribution >= 0.6 is 11.6 Å². The summed E-state index contributed by atoms with van der Waals surface area (Å²) in [6.45, 7) is 0. The number of para-hydroxylation sites is 2. The van der Waals surface area contributed by atoms with Crippen LogP contribution in [0, 0.1) is 0 Å². The topological polar surface area (TPSA) is 153 Å². The maximum absolute atomic E-state index is 12.8. The zero-order valence-electron chi connectivity index (χ0n) is 19.6. The maximum atomic E-state index is 12.8. The van der Waals surface area contributed by atoms with E-state index < -0.39 is 19.9 Å². The minimum atomic E-state index is -3.68. The number of nitrogens with zero attached hydrogens (tertiary/aromatic N) is 2. The van der Waals surface area contributed by atoms with Crippen LogP contribution in [-0.4, -0.2) is 40.2 Å². The molecular formula is C23H22ClN5O6S2. The van der Waals surface area contributed by atoms with Crippen LogP contribution in [0.2, 0.25) is 5.02 Å². The standard InChI is InChI=1S/C23H22ClN5O6S2/c1-34-21-12-16(37(32,33)14-15-6-5-11-35-15)9-10-20(21)27-23-25-13-17(24)22(28-23)26-18-7-3-4-8-19(18)29-36(2,30)31/h3-13,29H,14H2,1-2H3,(H2,25,26,27,28). The molecule has 2 heterocycles. The molecule has 0 aliphatic carbocycles. The first-order valence-electron chi connectivity index (χ1n) is 10.6. The van der Waals surface area contributed by atoms with Crippen molar-refractivity contribution in [2.45, 2.75) is 10.6 Å². The molecule has 0 aliphatic rings. The Kier molecular flexibility index (Phi) is 7.57. The second-order valence-electron chi connectivity index (χ2n) is 7.76. The van der Waals surface area contributed by atoms with E-state index >= 15 is 0 Å². The van der Waals surface area contributed by atoms with Gasteiger partial charge in [0.1, 0.15) is 22.3 Å². The Morgan fingerprint density at radius 1 is 0.973 bits per heavy atom. The second kappa shape index (κ2) is 10.7. The Morgan fingerprint density at radius 2 is 1.73 bits per heavy atom. The number of benzene rings is 2. The summed E-state index contributed by atoms with van der Waals surface area (Å²) in [5.74, 6) is 0.616. The molecule has 0 saturated carbocycles. The number of ether oxygens (including phenoxy) is 1. The Labute approximate surface area is 218 Å². The highest BCUT2D eigenvalue weighted by atomic mass is 35.5. The van der Waals surface area contributed by atoms with Crippen molar-refractivity contribution in [3.05, 3.63) is 77.8 Å². The van der Waals surface area contributed by atoms with Gasteiger partial charge in [-0.05, 0) is 36.4 Å². The number of hydrogen-bond acceptors (Lipinski definition) is 10. The Morgan fingerprint density at radius 3 is 2.41 bits per heavy atom. The molecule has 0 amide bonds. The average molecular weight is 564 g/mol. The molecule has 4 aromatic rings. The fraction of sp³-hybridized carbons (Fsp3) is 0.130. The van der Waals surface area contributed by atoms with Gasteiger partial charge in [0, 0.05) is 6.07 Å². The molecule has 0 aliphatic heterocycles. The molecule has 0 unspecified atom stereocenters. The van der Waals surface area contributed by atoms with Crippen molar-refractivity contribution < 1.29 is 26.0 Å². The molecule has 0 bridgehead atoms. The Hall–Kier alpha value is -3.81. The van der Waals surface area contributed by atoms with E-state index in [1.807, 2.05) is 0 Å². The van der Waals surface area contributed by atoms with E-state index in [1.54, 1.807) is 36.4 Å². The number of nitrogens with one attached hydrogen (secondary N) is 3. The summed E-state index contributed by atoms with van der Waals surface area (Å²) >= 11 is 6.27. The van der Waals surface area contributed by atoms with E-state index in [0.29, 0.717) is 22.8 Å². The van der Waals surface area contributed by atoms with Crippen molar-refractivity contribution in [3.63, 3.8) is 0 Å². The molecule has 11 nitrogen and oxygen atoms in total. The molecule has 4 rings (SSSR count). The van der Waals surface area contributed by atoms with Crippen LogP contribution in [0.5, 0.6) is 5.75 Å². The summed E-state index contributed by atoms with van der Waals surface area (Å²) < 4.78 is 61.9. The number of methoxy groups -OCH3 is 1. The van der Waals surface area contributed by atoms with E-state index in [-0.39, 0.29) is 33.2 Å². The molecule has 3 N–H and O–H groups in total. The number of hydrogen-bond donors (Lipinski definition) is 3. The third-order valence-corrected chi connectivity index (χ3v) is 7.41. The van der Waals surface area contributed by atoms with Crippen molar-refractivity contribution in [2.24, 2.45) is 0 Å². The summed E-state index contributed by atoms with van der Waals surface area (Å²) in [5.41, 5.74) is 1.14. The van der Waals surface area contributed by atoms with E-state index in [4.69, 9.17) is 20.8 Å². The number of sulfonamides is 1. The van der Waals surface area contributed by atoms with Gasteiger partial charge in [-0.3, -0.25) is 4.72 Å². The van der Waals surface area contributed by atoms with E-state index in [2.05, 4.69) is 25.3 Å². The lowest BCUT2D eigenvalue weighted by Crippen LogP contribution is -2.11. The molecule has 0 spiro atoms. The predicted octanol–water partition coefficient (Wildman–Crippen LogP) is 4.56. The molecule has 0 radical (unpaired) electrons. The number of sulfone groups is 1. The van der Waals surface area contributed by atoms with Gasteiger partial charge in [0.25, 0.3) is 0 Å². The predicted molar refractivity (Wildman–Crippen MR) is 141 cm³/mol. The van der Waals surface area contributed by atoms with Crippen LogP contribution in [0.15, 0.2) is 76.4 Å². The lowest BCUT2D eigenvalue weighted by Gasteiger charge is -2.15. The van der Waals surface area contributed by atoms with Gasteiger partial charge in [-0.15, -0.1) is 0 Å². The zero-order chi connectivity index (χ0) is 26.6. The number of anilines is 5. The number of halogens is 1. The minimum Gasteiger partial charge on any atom is -0.495 e. The molecule has 0 atom stereocenters. The maximum Gasteiger partial charge on any atom is 0.229 e. The lowest BCUT2D eigenvalue weighted by atomic mass is 10.2. The Balaban J connectivity index is 1.58.